The first kappa shape index (κ1) is 32.2. The third kappa shape index (κ3) is 20.0. The third-order valence-corrected chi connectivity index (χ3v) is 7.84. The predicted octanol–water partition coefficient (Wildman–Crippen LogP) is 7.08. The number of hydrogen-bond donors (Lipinski definition) is 1. The number of hydrogen-bond acceptors (Lipinski definition) is 4. The van der Waals surface area contributed by atoms with Gasteiger partial charge in [0.15, 0.2) is 18.9 Å². The van der Waals surface area contributed by atoms with Crippen molar-refractivity contribution in [2.45, 2.75) is 116 Å². The second-order valence-electron chi connectivity index (χ2n) is 9.63. The van der Waals surface area contributed by atoms with Crippen LogP contribution in [0.1, 0.15) is 103 Å². The van der Waals surface area contributed by atoms with Crippen molar-refractivity contribution < 1.29 is 28.0 Å². The van der Waals surface area contributed by atoms with E-state index in [0.717, 1.165) is 13.0 Å². The highest BCUT2D eigenvalue weighted by Crippen LogP contribution is 2.42. The topological polar surface area (TPSA) is 68.9 Å². The lowest BCUT2D eigenvalue weighted by Crippen LogP contribution is -2.34. The van der Waals surface area contributed by atoms with Gasteiger partial charge in [-0.05, 0) is 12.8 Å². The highest BCUT2D eigenvalue weighted by Gasteiger charge is 2.22. The van der Waals surface area contributed by atoms with Gasteiger partial charge in [-0.1, -0.05) is 96.5 Å². The van der Waals surface area contributed by atoms with Crippen LogP contribution in [0.25, 0.3) is 0 Å². The van der Waals surface area contributed by atoms with Crippen LogP contribution in [0.5, 0.6) is 0 Å². The van der Waals surface area contributed by atoms with Crippen molar-refractivity contribution in [3.8, 4) is 0 Å². The van der Waals surface area contributed by atoms with E-state index in [1.807, 2.05) is 35.2 Å². The summed E-state index contributed by atoms with van der Waals surface area (Å²) in [4.78, 5) is 10.1. The molecule has 0 aliphatic rings. The maximum absolute atomic E-state index is 12.3. The van der Waals surface area contributed by atoms with E-state index in [1.54, 1.807) is 7.11 Å². The predicted molar refractivity (Wildman–Crippen MR) is 144 cm³/mol. The normalized spacial score (nSPS) is 14.1. The second kappa shape index (κ2) is 22.4. The Labute approximate surface area is 215 Å². The number of pyridine rings is 1. The fourth-order valence-corrected chi connectivity index (χ4v) is 5.24. The Morgan fingerprint density at radius 1 is 0.800 bits per heavy atom. The lowest BCUT2D eigenvalue weighted by Gasteiger charge is -2.17. The van der Waals surface area contributed by atoms with Crippen molar-refractivity contribution in [3.63, 3.8) is 0 Å². The van der Waals surface area contributed by atoms with E-state index < -0.39 is 7.60 Å². The molecule has 0 radical (unpaired) electrons. The third-order valence-electron chi connectivity index (χ3n) is 6.43. The zero-order valence-electron chi connectivity index (χ0n) is 22.6. The molecule has 0 spiro atoms. The molecule has 0 aliphatic carbocycles. The van der Waals surface area contributed by atoms with Gasteiger partial charge in [-0.25, -0.2) is 4.57 Å². The van der Waals surface area contributed by atoms with E-state index in [9.17, 15) is 9.46 Å². The van der Waals surface area contributed by atoms with Gasteiger partial charge in [-0.2, -0.15) is 0 Å². The van der Waals surface area contributed by atoms with Crippen molar-refractivity contribution in [1.29, 1.82) is 0 Å². The van der Waals surface area contributed by atoms with Crippen molar-refractivity contribution in [3.05, 3.63) is 30.6 Å². The van der Waals surface area contributed by atoms with Crippen LogP contribution in [0.2, 0.25) is 0 Å². The lowest BCUT2D eigenvalue weighted by atomic mass is 10.0. The number of rotatable bonds is 25. The van der Waals surface area contributed by atoms with E-state index in [0.29, 0.717) is 19.6 Å². The fourth-order valence-electron chi connectivity index (χ4n) is 4.13. The fraction of sp³-hybridized carbons (Fsp3) is 0.821. The summed E-state index contributed by atoms with van der Waals surface area (Å²) in [6.07, 6.45) is 23.0. The maximum Gasteiger partial charge on any atom is 0.328 e. The Bertz CT molecular complexity index is 631. The monoisotopic (exact) mass is 514 g/mol. The molecule has 1 N–H and O–H groups in total. The van der Waals surface area contributed by atoms with Crippen LogP contribution in [0.4, 0.5) is 0 Å². The van der Waals surface area contributed by atoms with E-state index in [2.05, 4.69) is 6.92 Å². The van der Waals surface area contributed by atoms with Gasteiger partial charge in [0.2, 0.25) is 0 Å². The van der Waals surface area contributed by atoms with Gasteiger partial charge in [0.05, 0.1) is 18.9 Å². The van der Waals surface area contributed by atoms with Gasteiger partial charge in [-0.3, -0.25) is 4.57 Å². The SMILES string of the molecule is CCCCCCCCCCCCCCCCOCC(CCP(=O)(O)OCC[n+]1ccccc1)OC. The number of methoxy groups -OCH3 is 1. The summed E-state index contributed by atoms with van der Waals surface area (Å²) >= 11 is 0. The summed E-state index contributed by atoms with van der Waals surface area (Å²) in [6.45, 7) is 4.20. The number of aromatic nitrogens is 1. The summed E-state index contributed by atoms with van der Waals surface area (Å²) in [5.74, 6) is 0. The molecule has 204 valence electrons. The Kier molecular flexibility index (Phi) is 20.7. The molecule has 2 atom stereocenters. The minimum Gasteiger partial charge on any atom is -0.379 e. The lowest BCUT2D eigenvalue weighted by molar-refractivity contribution is -0.697. The van der Waals surface area contributed by atoms with E-state index >= 15 is 0 Å². The molecule has 1 aromatic rings. The van der Waals surface area contributed by atoms with Gasteiger partial charge in [-0.15, -0.1) is 0 Å². The minimum absolute atomic E-state index is 0.0766. The van der Waals surface area contributed by atoms with Gasteiger partial charge >= 0.3 is 7.60 Å². The Balaban J connectivity index is 1.92. The second-order valence-corrected chi connectivity index (χ2v) is 11.6. The molecule has 7 heteroatoms. The van der Waals surface area contributed by atoms with E-state index in [4.69, 9.17) is 14.0 Å². The van der Waals surface area contributed by atoms with E-state index in [1.165, 1.54) is 83.5 Å². The van der Waals surface area contributed by atoms with E-state index in [-0.39, 0.29) is 18.9 Å². The first-order valence-corrected chi connectivity index (χ1v) is 15.8. The molecule has 1 rings (SSSR count). The van der Waals surface area contributed by atoms with Crippen LogP contribution in [0.3, 0.4) is 0 Å². The number of nitrogens with zero attached hydrogens (tertiary/aromatic N) is 1. The Morgan fingerprint density at radius 3 is 1.89 bits per heavy atom. The van der Waals surface area contributed by atoms with Crippen molar-refractivity contribution in [2.75, 3.05) is 33.1 Å². The highest BCUT2D eigenvalue weighted by atomic mass is 31.2. The molecule has 0 aliphatic heterocycles. The highest BCUT2D eigenvalue weighted by molar-refractivity contribution is 7.52. The molecule has 2 unspecified atom stereocenters. The van der Waals surface area contributed by atoms with Crippen LogP contribution in [0.15, 0.2) is 30.6 Å². The van der Waals surface area contributed by atoms with Crippen LogP contribution in [0, 0.1) is 0 Å². The minimum atomic E-state index is -3.62. The number of ether oxygens (including phenoxy) is 2. The zero-order valence-corrected chi connectivity index (χ0v) is 23.5. The van der Waals surface area contributed by atoms with Gasteiger partial charge < -0.3 is 18.9 Å². The summed E-state index contributed by atoms with van der Waals surface area (Å²) in [7, 11) is -2.00. The molecule has 0 aromatic carbocycles. The molecule has 0 saturated heterocycles. The molecule has 1 aromatic heterocycles. The largest absolute Gasteiger partial charge is 0.379 e. The Morgan fingerprint density at radius 2 is 1.34 bits per heavy atom. The molecule has 6 nitrogen and oxygen atoms in total. The standard InChI is InChI=1S/C28H52NO5P/c1-3-4-5-6-7-8-9-10-11-12-13-14-15-19-24-33-27-28(32-2)20-26-35(30,31)34-25-23-29-21-17-16-18-22-29/h16-18,21-22,28H,3-15,19-20,23-27H2,1-2H3/p+1. The molecular formula is C28H53NO5P+. The quantitative estimate of drug-likeness (QED) is 0.0858. The molecule has 1 heterocycles. The molecule has 0 fully saturated rings. The van der Waals surface area contributed by atoms with Crippen molar-refractivity contribution >= 4 is 7.60 Å². The Hall–Kier alpha value is -0.780. The zero-order chi connectivity index (χ0) is 25.5. The molecular weight excluding hydrogens is 461 g/mol. The molecule has 0 bridgehead atoms. The van der Waals surface area contributed by atoms with Gasteiger partial charge in [0.1, 0.15) is 6.61 Å². The van der Waals surface area contributed by atoms with Gasteiger partial charge in [0.25, 0.3) is 0 Å². The van der Waals surface area contributed by atoms with Crippen molar-refractivity contribution in [1.82, 2.24) is 0 Å². The maximum atomic E-state index is 12.3. The molecule has 0 amide bonds. The van der Waals surface area contributed by atoms with Crippen LogP contribution in [-0.2, 0) is 25.1 Å². The van der Waals surface area contributed by atoms with Crippen LogP contribution in [-0.4, -0.2) is 44.1 Å². The first-order chi connectivity index (χ1) is 17.1. The smallest absolute Gasteiger partial charge is 0.328 e. The summed E-state index contributed by atoms with van der Waals surface area (Å²) in [5.41, 5.74) is 0. The summed E-state index contributed by atoms with van der Waals surface area (Å²) in [5, 5.41) is 0. The number of unbranched alkanes of at least 4 members (excludes halogenated alkanes) is 13. The van der Waals surface area contributed by atoms with Gasteiger partial charge in [0, 0.05) is 25.8 Å². The average Bonchev–Trinajstić information content (AvgIpc) is 2.86. The molecule has 0 saturated carbocycles. The van der Waals surface area contributed by atoms with Crippen molar-refractivity contribution in [2.24, 2.45) is 0 Å². The van der Waals surface area contributed by atoms with Crippen LogP contribution >= 0.6 is 7.60 Å². The summed E-state index contributed by atoms with van der Waals surface area (Å²) < 4.78 is 30.6. The average molecular weight is 515 g/mol. The molecule has 35 heavy (non-hydrogen) atoms. The summed E-state index contributed by atoms with van der Waals surface area (Å²) in [6, 6.07) is 5.77. The first-order valence-electron chi connectivity index (χ1n) is 14.1. The van der Waals surface area contributed by atoms with Crippen LogP contribution < -0.4 is 4.57 Å².